The fraction of sp³-hybridized carbons (Fsp3) is 0.917. The molecule has 1 saturated heterocycles. The molecule has 0 aromatic rings. The van der Waals surface area contributed by atoms with Gasteiger partial charge >= 0.3 is 0 Å². The Morgan fingerprint density at radius 3 is 1.79 bits per heavy atom. The minimum Gasteiger partial charge on any atom is -0.395 e. The molecule has 0 unspecified atom stereocenters. The first-order chi connectivity index (χ1) is 15.8. The van der Waals surface area contributed by atoms with E-state index in [1.54, 1.807) is 6.08 Å². The highest BCUT2D eigenvalue weighted by Gasteiger charge is 2.42. The van der Waals surface area contributed by atoms with Crippen LogP contribution in [0.15, 0.2) is 12.2 Å². The Hall–Kier alpha value is -0.620. The zero-order valence-electron chi connectivity index (χ0n) is 20.2. The molecule has 9 N–H and O–H groups in total. The Kier molecular flexibility index (Phi) is 20.3. The molecule has 1 fully saturated rings. The van der Waals surface area contributed by atoms with E-state index >= 15 is 0 Å². The zero-order valence-corrected chi connectivity index (χ0v) is 20.2. The van der Waals surface area contributed by atoms with Crippen molar-refractivity contribution in [3.8, 4) is 0 Å². The van der Waals surface area contributed by atoms with Crippen LogP contribution in [0.3, 0.4) is 0 Å². The van der Waals surface area contributed by atoms with E-state index in [0.717, 1.165) is 6.42 Å². The van der Waals surface area contributed by atoms with Crippen molar-refractivity contribution in [2.75, 3.05) is 13.2 Å². The maximum Gasteiger partial charge on any atom is 0.184 e. The van der Waals surface area contributed by atoms with Gasteiger partial charge in [0.2, 0.25) is 0 Å². The van der Waals surface area contributed by atoms with E-state index in [9.17, 15) is 5.11 Å². The van der Waals surface area contributed by atoms with Gasteiger partial charge in [-0.15, -0.1) is 0 Å². The highest BCUT2D eigenvalue weighted by atomic mass is 16.6. The highest BCUT2D eigenvalue weighted by Crippen LogP contribution is 2.19. The predicted octanol–water partition coefficient (Wildman–Crippen LogP) is 0.703. The van der Waals surface area contributed by atoms with Crippen molar-refractivity contribution in [2.24, 2.45) is 5.73 Å². The van der Waals surface area contributed by atoms with Gasteiger partial charge in [-0.2, -0.15) is 0 Å². The monoisotopic (exact) mass is 479 g/mol. The van der Waals surface area contributed by atoms with Crippen LogP contribution in [0.25, 0.3) is 0 Å². The largest absolute Gasteiger partial charge is 0.395 e. The molecule has 198 valence electrons. The summed E-state index contributed by atoms with van der Waals surface area (Å²) in [7, 11) is 0. The summed E-state index contributed by atoms with van der Waals surface area (Å²) in [6, 6.07) is -0.557. The maximum absolute atomic E-state index is 9.52. The number of unbranched alkanes of at least 4 members (excludes halogenated alkanes) is 11. The maximum atomic E-state index is 9.52. The summed E-state index contributed by atoms with van der Waals surface area (Å²) in [5, 5.41) is 63.0. The minimum absolute atomic E-state index is 0.177. The van der Waals surface area contributed by atoms with Crippen molar-refractivity contribution in [3.63, 3.8) is 0 Å². The Labute approximate surface area is 198 Å². The van der Waals surface area contributed by atoms with Crippen LogP contribution < -0.4 is 5.73 Å². The van der Waals surface area contributed by atoms with Crippen LogP contribution in [-0.4, -0.2) is 91.8 Å². The number of hydrogen-bond acceptors (Lipinski definition) is 9. The van der Waals surface area contributed by atoms with Crippen LogP contribution >= 0.6 is 0 Å². The number of aliphatic hydroxyl groups excluding tert-OH is 7. The fourth-order valence-electron chi connectivity index (χ4n) is 3.49. The molecule has 0 bridgehead atoms. The van der Waals surface area contributed by atoms with E-state index in [4.69, 9.17) is 36.4 Å². The first kappa shape index (κ1) is 32.4. The van der Waals surface area contributed by atoms with Crippen molar-refractivity contribution in [3.05, 3.63) is 12.2 Å². The second kappa shape index (κ2) is 20.7. The molecule has 0 amide bonds. The molecule has 1 rings (SSSR count). The standard InChI is InChI=1S/C18H37NO2.C6H12O6/c1-2-3-4-5-6-7-8-9-10-11-12-13-14-15-18(21)17(19)16-20;7-1-2-3(8)4(9)5(10)6(11)12-2/h14-15,17-18,20-21H,2-13,16,19H2,1H3;2-11H,1H2/b15-14+;/t17-,18+;2-,3+,4+,5-,6-/m01/s1. The number of aliphatic hydroxyl groups is 7. The molecule has 1 aliphatic heterocycles. The average Bonchev–Trinajstić information content (AvgIpc) is 2.82. The molecule has 33 heavy (non-hydrogen) atoms. The predicted molar refractivity (Wildman–Crippen MR) is 127 cm³/mol. The summed E-state index contributed by atoms with van der Waals surface area (Å²) in [5.41, 5.74) is 5.51. The van der Waals surface area contributed by atoms with Crippen LogP contribution in [-0.2, 0) is 4.74 Å². The molecule has 0 spiro atoms. The van der Waals surface area contributed by atoms with Crippen molar-refractivity contribution in [1.82, 2.24) is 0 Å². The summed E-state index contributed by atoms with van der Waals surface area (Å²) in [5.74, 6) is 0. The fourth-order valence-corrected chi connectivity index (χ4v) is 3.49. The lowest BCUT2D eigenvalue weighted by atomic mass is 10.00. The number of nitrogens with two attached hydrogens (primary N) is 1. The van der Waals surface area contributed by atoms with Gasteiger partial charge in [-0.1, -0.05) is 83.3 Å². The van der Waals surface area contributed by atoms with Crippen LogP contribution in [0, 0.1) is 0 Å². The molecule has 1 aliphatic rings. The van der Waals surface area contributed by atoms with Gasteiger partial charge in [0.05, 0.1) is 25.4 Å². The molecule has 0 aromatic heterocycles. The molecule has 0 aliphatic carbocycles. The van der Waals surface area contributed by atoms with Gasteiger partial charge in [-0.05, 0) is 12.8 Å². The number of rotatable bonds is 16. The molecule has 0 radical (unpaired) electrons. The van der Waals surface area contributed by atoms with E-state index in [2.05, 4.69) is 11.7 Å². The smallest absolute Gasteiger partial charge is 0.184 e. The zero-order chi connectivity index (χ0) is 25.1. The molecule has 7 atom stereocenters. The highest BCUT2D eigenvalue weighted by molar-refractivity contribution is 4.93. The third-order valence-corrected chi connectivity index (χ3v) is 5.82. The van der Waals surface area contributed by atoms with Crippen LogP contribution in [0.5, 0.6) is 0 Å². The summed E-state index contributed by atoms with van der Waals surface area (Å²) in [4.78, 5) is 0. The lowest BCUT2D eigenvalue weighted by Gasteiger charge is -2.37. The number of ether oxygens (including phenoxy) is 1. The van der Waals surface area contributed by atoms with Gasteiger partial charge in [-0.25, -0.2) is 0 Å². The molecular weight excluding hydrogens is 430 g/mol. The Morgan fingerprint density at radius 2 is 1.30 bits per heavy atom. The van der Waals surface area contributed by atoms with E-state index in [1.165, 1.54) is 70.6 Å². The van der Waals surface area contributed by atoms with Crippen molar-refractivity contribution >= 4 is 0 Å². The van der Waals surface area contributed by atoms with Crippen molar-refractivity contribution in [2.45, 2.75) is 127 Å². The summed E-state index contributed by atoms with van der Waals surface area (Å²) in [6.45, 7) is 1.56. The first-order valence-corrected chi connectivity index (χ1v) is 12.5. The molecule has 0 aromatic carbocycles. The van der Waals surface area contributed by atoms with Crippen LogP contribution in [0.4, 0.5) is 0 Å². The van der Waals surface area contributed by atoms with Gasteiger partial charge in [0.25, 0.3) is 0 Å². The van der Waals surface area contributed by atoms with Gasteiger partial charge in [0.1, 0.15) is 24.4 Å². The molecule has 1 heterocycles. The molecule has 9 heteroatoms. The first-order valence-electron chi connectivity index (χ1n) is 12.5. The topological polar surface area (TPSA) is 177 Å². The van der Waals surface area contributed by atoms with Gasteiger partial charge in [0.15, 0.2) is 6.29 Å². The molecule has 0 saturated carbocycles. The Bertz CT molecular complexity index is 463. The van der Waals surface area contributed by atoms with Gasteiger partial charge in [-0.3, -0.25) is 0 Å². The SMILES string of the molecule is CCCCCCCCCCCCC/C=C/[C@@H](O)[C@@H](N)CO.OC[C@H]1O[C@@H](O)[C@H](O)[C@@H](O)[C@H]1O. The number of allylic oxidation sites excluding steroid dienone is 1. The number of hydrogen-bond donors (Lipinski definition) is 8. The van der Waals surface area contributed by atoms with E-state index in [1.807, 2.05) is 6.08 Å². The Balaban J connectivity index is 0.000000716. The van der Waals surface area contributed by atoms with E-state index in [-0.39, 0.29) is 6.61 Å². The lowest BCUT2D eigenvalue weighted by molar-refractivity contribution is -0.286. The molecular formula is C24H49NO8. The van der Waals surface area contributed by atoms with Crippen molar-refractivity contribution in [1.29, 1.82) is 0 Å². The summed E-state index contributed by atoms with van der Waals surface area (Å²) >= 11 is 0. The van der Waals surface area contributed by atoms with Gasteiger partial charge < -0.3 is 46.2 Å². The summed E-state index contributed by atoms with van der Waals surface area (Å²) < 4.78 is 4.58. The minimum atomic E-state index is -1.57. The Morgan fingerprint density at radius 1 is 0.788 bits per heavy atom. The quantitative estimate of drug-likeness (QED) is 0.117. The second-order valence-electron chi connectivity index (χ2n) is 8.81. The lowest BCUT2D eigenvalue weighted by Crippen LogP contribution is -2.58. The van der Waals surface area contributed by atoms with E-state index in [0.29, 0.717) is 0 Å². The second-order valence-corrected chi connectivity index (χ2v) is 8.81. The molecule has 9 nitrogen and oxygen atoms in total. The van der Waals surface area contributed by atoms with Gasteiger partial charge in [0, 0.05) is 0 Å². The third-order valence-electron chi connectivity index (χ3n) is 5.82. The van der Waals surface area contributed by atoms with Crippen LogP contribution in [0.1, 0.15) is 84.0 Å². The van der Waals surface area contributed by atoms with Crippen molar-refractivity contribution < 1.29 is 40.5 Å². The summed E-state index contributed by atoms with van der Waals surface area (Å²) in [6.07, 6.45) is 11.8. The normalized spacial score (nSPS) is 27.2. The van der Waals surface area contributed by atoms with E-state index < -0.39 is 49.5 Å². The van der Waals surface area contributed by atoms with Crippen LogP contribution in [0.2, 0.25) is 0 Å². The average molecular weight is 480 g/mol. The third kappa shape index (κ3) is 15.1.